The van der Waals surface area contributed by atoms with Crippen LogP contribution in [0.25, 0.3) is 0 Å². The lowest BCUT2D eigenvalue weighted by Gasteiger charge is -2.21. The number of carbonyl (C=O) groups is 4. The van der Waals surface area contributed by atoms with Gasteiger partial charge in [-0.3, -0.25) is 37.3 Å². The minimum absolute atomic E-state index is 0.106. The molecule has 564 valence electrons. The average molecular weight is 1400 g/mol. The lowest BCUT2D eigenvalue weighted by atomic mass is 10.0. The second-order valence-electron chi connectivity index (χ2n) is 28.3. The monoisotopic (exact) mass is 1400 g/mol. The summed E-state index contributed by atoms with van der Waals surface area (Å²) in [5, 5.41) is 10.6. The number of phosphoric acid groups is 2. The Morgan fingerprint density at radius 3 is 0.716 bits per heavy atom. The maximum atomic E-state index is 13.1. The number of rotatable bonds is 75. The molecule has 0 aliphatic carbocycles. The lowest BCUT2D eigenvalue weighted by Crippen LogP contribution is -2.30. The van der Waals surface area contributed by atoms with Gasteiger partial charge in [0.15, 0.2) is 12.2 Å². The summed E-state index contributed by atoms with van der Waals surface area (Å²) in [6, 6.07) is 0. The first-order valence-corrected chi connectivity index (χ1v) is 42.5. The second-order valence-corrected chi connectivity index (χ2v) is 31.3. The molecule has 0 saturated heterocycles. The zero-order valence-corrected chi connectivity index (χ0v) is 63.8. The SMILES string of the molecule is CCCCCCCCCCCCC(=O)O[C@H](COC(=O)CCCCCCC)COP(=O)(O)OC[C@H](O)COP(=O)(O)OC[C@@H](COC(=O)CCCCCCCCCCCCCCCCCCC(C)C)OC(=O)CCCCCCCCCCCCCCCCCCCCC(C)C. The van der Waals surface area contributed by atoms with Crippen molar-refractivity contribution in [1.82, 2.24) is 0 Å². The number of ether oxygens (including phenoxy) is 4. The van der Waals surface area contributed by atoms with Crippen LogP contribution in [0.1, 0.15) is 395 Å². The number of phosphoric ester groups is 2. The predicted molar refractivity (Wildman–Crippen MR) is 386 cm³/mol. The second kappa shape index (κ2) is 67.9. The summed E-state index contributed by atoms with van der Waals surface area (Å²) in [4.78, 5) is 72.4. The zero-order chi connectivity index (χ0) is 70.0. The van der Waals surface area contributed by atoms with Crippen LogP contribution in [0.15, 0.2) is 0 Å². The minimum atomic E-state index is -4.95. The number of aliphatic hydroxyl groups excluding tert-OH is 1. The summed E-state index contributed by atoms with van der Waals surface area (Å²) in [5.74, 6) is -0.495. The van der Waals surface area contributed by atoms with Crippen LogP contribution in [0.2, 0.25) is 0 Å². The summed E-state index contributed by atoms with van der Waals surface area (Å²) in [7, 11) is -9.90. The van der Waals surface area contributed by atoms with E-state index in [1.807, 2.05) is 0 Å². The number of unbranched alkanes of at least 4 members (excludes halogenated alkanes) is 45. The van der Waals surface area contributed by atoms with E-state index >= 15 is 0 Å². The van der Waals surface area contributed by atoms with Gasteiger partial charge in [0, 0.05) is 25.7 Å². The van der Waals surface area contributed by atoms with E-state index in [2.05, 4.69) is 41.5 Å². The van der Waals surface area contributed by atoms with Crippen molar-refractivity contribution in [3.05, 3.63) is 0 Å². The Morgan fingerprint density at radius 2 is 0.484 bits per heavy atom. The van der Waals surface area contributed by atoms with Crippen LogP contribution >= 0.6 is 15.6 Å². The molecule has 5 atom stereocenters. The third kappa shape index (κ3) is 70.3. The largest absolute Gasteiger partial charge is 0.472 e. The van der Waals surface area contributed by atoms with Crippen molar-refractivity contribution in [2.24, 2.45) is 11.8 Å². The third-order valence-corrected chi connectivity index (χ3v) is 19.6. The van der Waals surface area contributed by atoms with Gasteiger partial charge in [-0.2, -0.15) is 0 Å². The van der Waals surface area contributed by atoms with Gasteiger partial charge in [-0.25, -0.2) is 9.13 Å². The standard InChI is InChI=1S/C76H148O17P2/c1-7-9-11-13-14-15-36-42-48-54-60-75(80)92-71(64-86-73(78)58-52-44-12-10-8-2)66-90-94(82,83)88-62-70(77)63-89-95(84,85)91-67-72(65-87-74(79)59-53-47-41-37-32-28-24-21-20-23-27-31-35-40-46-51-57-69(5)6)93-76(81)61-55-49-43-38-33-29-25-19-17-16-18-22-26-30-34-39-45-50-56-68(3)4/h68-72,77H,7-67H2,1-6H3,(H,82,83)(H,84,85)/t70-,71+,72+/m0/s1. The molecule has 0 heterocycles. The summed E-state index contributed by atoms with van der Waals surface area (Å²) >= 11 is 0. The van der Waals surface area contributed by atoms with E-state index in [1.165, 1.54) is 205 Å². The highest BCUT2D eigenvalue weighted by Crippen LogP contribution is 2.45. The van der Waals surface area contributed by atoms with E-state index in [1.54, 1.807) is 0 Å². The van der Waals surface area contributed by atoms with Gasteiger partial charge >= 0.3 is 39.5 Å². The molecule has 2 unspecified atom stereocenters. The first-order chi connectivity index (χ1) is 45.9. The Balaban J connectivity index is 5.10. The molecule has 19 heteroatoms. The van der Waals surface area contributed by atoms with Gasteiger partial charge < -0.3 is 33.8 Å². The van der Waals surface area contributed by atoms with Gasteiger partial charge in [-0.05, 0) is 37.5 Å². The topological polar surface area (TPSA) is 237 Å². The van der Waals surface area contributed by atoms with E-state index in [-0.39, 0.29) is 25.7 Å². The minimum Gasteiger partial charge on any atom is -0.462 e. The molecule has 0 fully saturated rings. The van der Waals surface area contributed by atoms with Crippen LogP contribution in [0.3, 0.4) is 0 Å². The zero-order valence-electron chi connectivity index (χ0n) is 62.0. The van der Waals surface area contributed by atoms with E-state index < -0.39 is 97.5 Å². The number of aliphatic hydroxyl groups is 1. The fourth-order valence-corrected chi connectivity index (χ4v) is 13.2. The summed E-state index contributed by atoms with van der Waals surface area (Å²) in [6.45, 7) is 9.56. The van der Waals surface area contributed by atoms with Gasteiger partial charge in [0.2, 0.25) is 0 Å². The highest BCUT2D eigenvalue weighted by Gasteiger charge is 2.30. The quantitative estimate of drug-likeness (QED) is 0.0222. The molecule has 0 bridgehead atoms. The first-order valence-electron chi connectivity index (χ1n) is 39.5. The molecular formula is C76H148O17P2. The van der Waals surface area contributed by atoms with Crippen LogP contribution < -0.4 is 0 Å². The molecule has 0 aliphatic rings. The van der Waals surface area contributed by atoms with Crippen molar-refractivity contribution in [1.29, 1.82) is 0 Å². The predicted octanol–water partition coefficient (Wildman–Crippen LogP) is 22.3. The fourth-order valence-electron chi connectivity index (χ4n) is 11.7. The number of hydrogen-bond acceptors (Lipinski definition) is 15. The average Bonchev–Trinajstić information content (AvgIpc) is 1.43. The summed E-state index contributed by atoms with van der Waals surface area (Å²) in [5.41, 5.74) is 0. The Hall–Kier alpha value is -1.94. The van der Waals surface area contributed by atoms with Crippen LogP contribution in [-0.2, 0) is 65.4 Å². The Bertz CT molecular complexity index is 1840. The lowest BCUT2D eigenvalue weighted by molar-refractivity contribution is -0.161. The molecule has 0 saturated carbocycles. The Kier molecular flexibility index (Phi) is 66.5. The van der Waals surface area contributed by atoms with Gasteiger partial charge in [0.05, 0.1) is 26.4 Å². The summed E-state index contributed by atoms with van der Waals surface area (Å²) in [6.07, 6.45) is 56.1. The smallest absolute Gasteiger partial charge is 0.462 e. The van der Waals surface area contributed by atoms with Crippen LogP contribution in [0, 0.1) is 11.8 Å². The van der Waals surface area contributed by atoms with Crippen LogP contribution in [-0.4, -0.2) is 96.7 Å². The molecule has 95 heavy (non-hydrogen) atoms. The van der Waals surface area contributed by atoms with Crippen molar-refractivity contribution in [3.63, 3.8) is 0 Å². The highest BCUT2D eigenvalue weighted by molar-refractivity contribution is 7.47. The van der Waals surface area contributed by atoms with Crippen molar-refractivity contribution >= 4 is 39.5 Å². The number of carbonyl (C=O) groups excluding carboxylic acids is 4. The number of hydrogen-bond donors (Lipinski definition) is 3. The molecule has 0 radical (unpaired) electrons. The van der Waals surface area contributed by atoms with Crippen molar-refractivity contribution < 1.29 is 80.2 Å². The number of esters is 4. The van der Waals surface area contributed by atoms with Gasteiger partial charge in [0.1, 0.15) is 19.3 Å². The molecule has 0 aliphatic heterocycles. The van der Waals surface area contributed by atoms with E-state index in [0.717, 1.165) is 108 Å². The Labute approximate surface area is 581 Å². The normalized spacial score (nSPS) is 14.0. The molecule has 0 aromatic rings. The molecule has 0 rings (SSSR count). The van der Waals surface area contributed by atoms with Gasteiger partial charge in [0.25, 0.3) is 0 Å². The Morgan fingerprint density at radius 1 is 0.284 bits per heavy atom. The molecular weight excluding hydrogens is 1250 g/mol. The van der Waals surface area contributed by atoms with Crippen molar-refractivity contribution in [2.45, 2.75) is 413 Å². The van der Waals surface area contributed by atoms with Crippen LogP contribution in [0.4, 0.5) is 0 Å². The van der Waals surface area contributed by atoms with Gasteiger partial charge in [-0.15, -0.1) is 0 Å². The highest BCUT2D eigenvalue weighted by atomic mass is 31.2. The van der Waals surface area contributed by atoms with Gasteiger partial charge in [-0.1, -0.05) is 343 Å². The maximum absolute atomic E-state index is 13.1. The third-order valence-electron chi connectivity index (χ3n) is 17.7. The fraction of sp³-hybridized carbons (Fsp3) is 0.947. The van der Waals surface area contributed by atoms with E-state index in [9.17, 15) is 43.2 Å². The molecule has 0 aromatic carbocycles. The van der Waals surface area contributed by atoms with Crippen molar-refractivity contribution in [3.8, 4) is 0 Å². The van der Waals surface area contributed by atoms with E-state index in [0.29, 0.717) is 25.7 Å². The molecule has 3 N–H and O–H groups in total. The molecule has 0 aromatic heterocycles. The molecule has 0 spiro atoms. The van der Waals surface area contributed by atoms with Crippen LogP contribution in [0.5, 0.6) is 0 Å². The summed E-state index contributed by atoms with van der Waals surface area (Å²) < 4.78 is 68.2. The van der Waals surface area contributed by atoms with Crippen molar-refractivity contribution in [2.75, 3.05) is 39.6 Å². The molecule has 17 nitrogen and oxygen atoms in total. The first kappa shape index (κ1) is 93.1. The maximum Gasteiger partial charge on any atom is 0.472 e. The molecule has 0 amide bonds. The van der Waals surface area contributed by atoms with E-state index in [4.69, 9.17) is 37.0 Å².